The van der Waals surface area contributed by atoms with Crippen LogP contribution in [0.15, 0.2) is 18.2 Å². The highest BCUT2D eigenvalue weighted by atomic mass is 16.4. The summed E-state index contributed by atoms with van der Waals surface area (Å²) in [6.07, 6.45) is 0. The van der Waals surface area contributed by atoms with Crippen molar-refractivity contribution < 1.29 is 19.5 Å². The second-order valence-electron chi connectivity index (χ2n) is 3.87. The number of carboxylic acid groups (broad SMARTS) is 1. The second-order valence-corrected chi connectivity index (χ2v) is 3.87. The summed E-state index contributed by atoms with van der Waals surface area (Å²) >= 11 is 0. The summed E-state index contributed by atoms with van der Waals surface area (Å²) in [5.41, 5.74) is 10.6. The van der Waals surface area contributed by atoms with E-state index in [0.717, 1.165) is 0 Å². The Bertz CT molecular complexity index is 704. The molecule has 0 aliphatic carbocycles. The zero-order chi connectivity index (χ0) is 14.2. The number of amides is 2. The van der Waals surface area contributed by atoms with Gasteiger partial charge in [-0.25, -0.2) is 4.79 Å². The van der Waals surface area contributed by atoms with Crippen molar-refractivity contribution in [2.75, 3.05) is 0 Å². The Morgan fingerprint density at radius 1 is 1.26 bits per heavy atom. The van der Waals surface area contributed by atoms with Crippen molar-refractivity contribution in [1.82, 2.24) is 9.78 Å². The number of primary amides is 2. The molecule has 0 unspecified atom stereocenters. The van der Waals surface area contributed by atoms with Crippen LogP contribution in [0.4, 0.5) is 0 Å². The average molecular weight is 262 g/mol. The summed E-state index contributed by atoms with van der Waals surface area (Å²) < 4.78 is 1.21. The smallest absolute Gasteiger partial charge is 0.335 e. The number of nitrogens with zero attached hydrogens (tertiary/aromatic N) is 2. The number of nitrogens with two attached hydrogens (primary N) is 2. The quantitative estimate of drug-likeness (QED) is 0.669. The SMILES string of the molecule is NC(=O)Cn1nc(C(N)=O)c2cc(C(=O)O)ccc21. The van der Waals surface area contributed by atoms with Gasteiger partial charge in [0.1, 0.15) is 6.54 Å². The zero-order valence-corrected chi connectivity index (χ0v) is 9.66. The first-order valence-electron chi connectivity index (χ1n) is 5.22. The van der Waals surface area contributed by atoms with E-state index in [4.69, 9.17) is 16.6 Å². The lowest BCUT2D eigenvalue weighted by atomic mass is 10.1. The van der Waals surface area contributed by atoms with E-state index in [2.05, 4.69) is 5.10 Å². The van der Waals surface area contributed by atoms with Gasteiger partial charge >= 0.3 is 5.97 Å². The van der Waals surface area contributed by atoms with E-state index in [1.54, 1.807) is 0 Å². The first-order chi connectivity index (χ1) is 8.90. The molecule has 2 amide bonds. The van der Waals surface area contributed by atoms with Crippen LogP contribution in [0, 0.1) is 0 Å². The Morgan fingerprint density at radius 2 is 1.95 bits per heavy atom. The number of carbonyl (C=O) groups excluding carboxylic acids is 2. The summed E-state index contributed by atoms with van der Waals surface area (Å²) in [7, 11) is 0. The van der Waals surface area contributed by atoms with Gasteiger partial charge in [-0.2, -0.15) is 5.10 Å². The molecule has 1 aromatic heterocycles. The fraction of sp³-hybridized carbons (Fsp3) is 0.0909. The second kappa shape index (κ2) is 4.41. The predicted molar refractivity (Wildman–Crippen MR) is 64.4 cm³/mol. The molecule has 19 heavy (non-hydrogen) atoms. The van der Waals surface area contributed by atoms with E-state index in [0.29, 0.717) is 5.52 Å². The van der Waals surface area contributed by atoms with Crippen LogP contribution in [0.1, 0.15) is 20.8 Å². The van der Waals surface area contributed by atoms with Gasteiger partial charge < -0.3 is 16.6 Å². The van der Waals surface area contributed by atoms with Crippen molar-refractivity contribution in [3.63, 3.8) is 0 Å². The largest absolute Gasteiger partial charge is 0.478 e. The molecule has 0 saturated heterocycles. The van der Waals surface area contributed by atoms with Gasteiger partial charge in [0, 0.05) is 5.39 Å². The molecule has 0 aliphatic rings. The standard InChI is InChI=1S/C11H10N4O4/c12-8(16)4-15-7-2-1-5(11(18)19)3-6(7)9(14-15)10(13)17/h1-3H,4H2,(H2,12,16)(H2,13,17)(H,18,19). The average Bonchev–Trinajstić information content (AvgIpc) is 2.66. The Balaban J connectivity index is 2.71. The Labute approximate surface area is 106 Å². The van der Waals surface area contributed by atoms with Crippen molar-refractivity contribution in [1.29, 1.82) is 0 Å². The predicted octanol–water partition coefficient (Wildman–Crippen LogP) is -0.681. The van der Waals surface area contributed by atoms with Crippen molar-refractivity contribution >= 4 is 28.7 Å². The number of aromatic nitrogens is 2. The highest BCUT2D eigenvalue weighted by molar-refractivity contribution is 6.06. The number of rotatable bonds is 4. The van der Waals surface area contributed by atoms with Crippen LogP contribution < -0.4 is 11.5 Å². The maximum atomic E-state index is 11.3. The monoisotopic (exact) mass is 262 g/mol. The summed E-state index contributed by atoms with van der Waals surface area (Å²) in [6.45, 7) is -0.226. The van der Waals surface area contributed by atoms with E-state index >= 15 is 0 Å². The van der Waals surface area contributed by atoms with Crippen LogP contribution >= 0.6 is 0 Å². The maximum Gasteiger partial charge on any atom is 0.335 e. The molecule has 0 fully saturated rings. The summed E-state index contributed by atoms with van der Waals surface area (Å²) in [5, 5.41) is 13.1. The topological polar surface area (TPSA) is 141 Å². The lowest BCUT2D eigenvalue weighted by molar-refractivity contribution is -0.118. The summed E-state index contributed by atoms with van der Waals surface area (Å²) in [6, 6.07) is 4.07. The van der Waals surface area contributed by atoms with Crippen LogP contribution in [0.25, 0.3) is 10.9 Å². The first kappa shape index (κ1) is 12.6. The van der Waals surface area contributed by atoms with Crippen molar-refractivity contribution in [2.24, 2.45) is 11.5 Å². The van der Waals surface area contributed by atoms with E-state index in [-0.39, 0.29) is 23.2 Å². The van der Waals surface area contributed by atoms with Crippen LogP contribution in [0.2, 0.25) is 0 Å². The third-order valence-electron chi connectivity index (χ3n) is 2.54. The number of benzene rings is 1. The van der Waals surface area contributed by atoms with Gasteiger partial charge in [0.15, 0.2) is 5.69 Å². The van der Waals surface area contributed by atoms with E-state index in [1.807, 2.05) is 0 Å². The van der Waals surface area contributed by atoms with E-state index < -0.39 is 17.8 Å². The van der Waals surface area contributed by atoms with Crippen LogP contribution in [-0.2, 0) is 11.3 Å². The van der Waals surface area contributed by atoms with Crippen molar-refractivity contribution in [3.05, 3.63) is 29.5 Å². The van der Waals surface area contributed by atoms with Gasteiger partial charge in [-0.05, 0) is 18.2 Å². The zero-order valence-electron chi connectivity index (χ0n) is 9.66. The normalized spacial score (nSPS) is 10.5. The van der Waals surface area contributed by atoms with E-state index in [1.165, 1.54) is 22.9 Å². The molecule has 8 nitrogen and oxygen atoms in total. The van der Waals surface area contributed by atoms with Gasteiger partial charge in [-0.3, -0.25) is 14.3 Å². The molecule has 8 heteroatoms. The number of carbonyl (C=O) groups is 3. The highest BCUT2D eigenvalue weighted by Gasteiger charge is 2.17. The molecular weight excluding hydrogens is 252 g/mol. The van der Waals surface area contributed by atoms with Crippen LogP contribution in [0.5, 0.6) is 0 Å². The van der Waals surface area contributed by atoms with Gasteiger partial charge in [-0.15, -0.1) is 0 Å². The summed E-state index contributed by atoms with van der Waals surface area (Å²) in [5.74, 6) is -2.58. The number of hydrogen-bond acceptors (Lipinski definition) is 4. The first-order valence-corrected chi connectivity index (χ1v) is 5.22. The molecule has 98 valence electrons. The Morgan fingerprint density at radius 3 is 2.47 bits per heavy atom. The Kier molecular flexibility index (Phi) is 2.91. The molecule has 1 heterocycles. The van der Waals surface area contributed by atoms with E-state index in [9.17, 15) is 14.4 Å². The molecule has 1 aromatic carbocycles. The molecule has 0 radical (unpaired) electrons. The number of fused-ring (bicyclic) bond motifs is 1. The fourth-order valence-corrected chi connectivity index (χ4v) is 1.76. The van der Waals surface area contributed by atoms with Crippen LogP contribution in [-0.4, -0.2) is 32.7 Å². The molecule has 2 aromatic rings. The third kappa shape index (κ3) is 2.23. The van der Waals surface area contributed by atoms with Gasteiger partial charge in [0.25, 0.3) is 5.91 Å². The van der Waals surface area contributed by atoms with Crippen molar-refractivity contribution in [2.45, 2.75) is 6.54 Å². The number of carboxylic acids is 1. The minimum Gasteiger partial charge on any atom is -0.478 e. The minimum absolute atomic E-state index is 0.00590. The lowest BCUT2D eigenvalue weighted by Crippen LogP contribution is -2.20. The number of aromatic carboxylic acids is 1. The number of hydrogen-bond donors (Lipinski definition) is 3. The van der Waals surface area contributed by atoms with Gasteiger partial charge in [0.2, 0.25) is 5.91 Å². The lowest BCUT2D eigenvalue weighted by Gasteiger charge is -1.99. The van der Waals surface area contributed by atoms with Gasteiger partial charge in [0.05, 0.1) is 11.1 Å². The third-order valence-corrected chi connectivity index (χ3v) is 2.54. The molecule has 0 atom stereocenters. The molecular formula is C11H10N4O4. The molecule has 0 spiro atoms. The Hall–Kier alpha value is -2.90. The van der Waals surface area contributed by atoms with Gasteiger partial charge in [-0.1, -0.05) is 0 Å². The fourth-order valence-electron chi connectivity index (χ4n) is 1.76. The molecule has 0 bridgehead atoms. The van der Waals surface area contributed by atoms with Crippen molar-refractivity contribution in [3.8, 4) is 0 Å². The molecule has 5 N–H and O–H groups in total. The van der Waals surface area contributed by atoms with Crippen LogP contribution in [0.3, 0.4) is 0 Å². The maximum absolute atomic E-state index is 11.3. The molecule has 0 saturated carbocycles. The summed E-state index contributed by atoms with van der Waals surface area (Å²) in [4.78, 5) is 33.1. The minimum atomic E-state index is -1.14. The molecule has 2 rings (SSSR count). The highest BCUT2D eigenvalue weighted by Crippen LogP contribution is 2.20. The molecule has 0 aliphatic heterocycles.